The van der Waals surface area contributed by atoms with Gasteiger partial charge in [-0.25, -0.2) is 9.97 Å². The molecule has 2 rings (SSSR count). The molecule has 0 atom stereocenters. The van der Waals surface area contributed by atoms with Crippen LogP contribution in [-0.2, 0) is 11.4 Å². The van der Waals surface area contributed by atoms with Crippen molar-refractivity contribution in [1.29, 1.82) is 0 Å². The van der Waals surface area contributed by atoms with Gasteiger partial charge in [0.1, 0.15) is 12.0 Å². The minimum absolute atomic E-state index is 0.336. The van der Waals surface area contributed by atoms with Crippen molar-refractivity contribution in [3.8, 4) is 0 Å². The highest BCUT2D eigenvalue weighted by Crippen LogP contribution is 2.24. The third kappa shape index (κ3) is 2.86. The number of hydrogen-bond donors (Lipinski definition) is 3. The smallest absolute Gasteiger partial charge is 0.157 e. The highest BCUT2D eigenvalue weighted by Gasteiger charge is 2.08. The van der Waals surface area contributed by atoms with Gasteiger partial charge in [-0.1, -0.05) is 30.3 Å². The fraction of sp³-hybridized carbons (Fsp3) is 0.167. The van der Waals surface area contributed by atoms with E-state index in [2.05, 4.69) is 20.8 Å². The van der Waals surface area contributed by atoms with E-state index in [4.69, 9.17) is 10.6 Å². The van der Waals surface area contributed by atoms with Gasteiger partial charge in [0, 0.05) is 6.54 Å². The SMILES string of the molecule is CONc1c(N)ncnc1NCc1ccccc1. The molecule has 0 fully saturated rings. The summed E-state index contributed by atoms with van der Waals surface area (Å²) in [5, 5.41) is 3.18. The van der Waals surface area contributed by atoms with Crippen LogP contribution in [-0.4, -0.2) is 17.1 Å². The van der Waals surface area contributed by atoms with Gasteiger partial charge in [-0.3, -0.25) is 10.3 Å². The van der Waals surface area contributed by atoms with Crippen LogP contribution in [0, 0.1) is 0 Å². The molecule has 0 aliphatic carbocycles. The molecule has 0 unspecified atom stereocenters. The molecule has 1 aromatic carbocycles. The average Bonchev–Trinajstić information content (AvgIpc) is 2.41. The Morgan fingerprint density at radius 1 is 1.22 bits per heavy atom. The number of aromatic nitrogens is 2. The Labute approximate surface area is 105 Å². The van der Waals surface area contributed by atoms with Gasteiger partial charge in [-0.05, 0) is 5.56 Å². The highest BCUT2D eigenvalue weighted by molar-refractivity contribution is 5.74. The van der Waals surface area contributed by atoms with Gasteiger partial charge in [0.2, 0.25) is 0 Å². The molecule has 94 valence electrons. The molecule has 0 aliphatic rings. The van der Waals surface area contributed by atoms with Crippen LogP contribution in [0.3, 0.4) is 0 Å². The summed E-state index contributed by atoms with van der Waals surface area (Å²) in [4.78, 5) is 12.9. The molecular formula is C12H15N5O. The maximum Gasteiger partial charge on any atom is 0.157 e. The fourth-order valence-corrected chi connectivity index (χ4v) is 1.52. The zero-order valence-electron chi connectivity index (χ0n) is 10.1. The third-order valence-corrected chi connectivity index (χ3v) is 2.38. The lowest BCUT2D eigenvalue weighted by atomic mass is 10.2. The van der Waals surface area contributed by atoms with Crippen molar-refractivity contribution in [3.05, 3.63) is 42.2 Å². The predicted molar refractivity (Wildman–Crippen MR) is 70.8 cm³/mol. The molecule has 0 amide bonds. The van der Waals surface area contributed by atoms with Crippen LogP contribution in [0.1, 0.15) is 5.56 Å². The highest BCUT2D eigenvalue weighted by atomic mass is 16.6. The quantitative estimate of drug-likeness (QED) is 0.694. The molecule has 4 N–H and O–H groups in total. The van der Waals surface area contributed by atoms with Crippen molar-refractivity contribution in [2.45, 2.75) is 6.54 Å². The minimum Gasteiger partial charge on any atom is -0.382 e. The molecule has 2 aromatic rings. The predicted octanol–water partition coefficient (Wildman–Crippen LogP) is 1.64. The first-order valence-corrected chi connectivity index (χ1v) is 5.48. The van der Waals surface area contributed by atoms with E-state index in [1.807, 2.05) is 30.3 Å². The molecule has 0 bridgehead atoms. The Morgan fingerprint density at radius 2 is 2.00 bits per heavy atom. The number of hydrogen-bond acceptors (Lipinski definition) is 6. The normalized spacial score (nSPS) is 10.1. The first-order valence-electron chi connectivity index (χ1n) is 5.48. The maximum atomic E-state index is 5.74. The van der Waals surface area contributed by atoms with Crippen molar-refractivity contribution in [1.82, 2.24) is 9.97 Å². The first-order chi connectivity index (χ1) is 8.81. The Hall–Kier alpha value is -2.34. The Bertz CT molecular complexity index is 503. The zero-order chi connectivity index (χ0) is 12.8. The van der Waals surface area contributed by atoms with Gasteiger partial charge in [0.15, 0.2) is 11.6 Å². The van der Waals surface area contributed by atoms with Crippen molar-refractivity contribution in [3.63, 3.8) is 0 Å². The summed E-state index contributed by atoms with van der Waals surface area (Å²) in [7, 11) is 1.51. The van der Waals surface area contributed by atoms with Crippen LogP contribution in [0.2, 0.25) is 0 Å². The summed E-state index contributed by atoms with van der Waals surface area (Å²) in [6, 6.07) is 10.0. The van der Waals surface area contributed by atoms with Gasteiger partial charge in [0.05, 0.1) is 7.11 Å². The van der Waals surface area contributed by atoms with Crippen molar-refractivity contribution in [2.75, 3.05) is 23.6 Å². The molecular weight excluding hydrogens is 230 g/mol. The standard InChI is InChI=1S/C12H15N5O/c1-18-17-10-11(13)15-8-16-12(10)14-7-9-5-3-2-4-6-9/h2-6,8,17H,7H2,1H3,(H3,13,14,15,16). The lowest BCUT2D eigenvalue weighted by molar-refractivity contribution is 0.271. The fourth-order valence-electron chi connectivity index (χ4n) is 1.52. The van der Waals surface area contributed by atoms with Crippen LogP contribution >= 0.6 is 0 Å². The Kier molecular flexibility index (Phi) is 3.93. The summed E-state index contributed by atoms with van der Waals surface area (Å²) in [6.07, 6.45) is 1.41. The summed E-state index contributed by atoms with van der Waals surface area (Å²) in [5.41, 5.74) is 10.1. The minimum atomic E-state index is 0.336. The van der Waals surface area contributed by atoms with Crippen LogP contribution in [0.4, 0.5) is 17.3 Å². The number of nitrogens with zero attached hydrogens (tertiary/aromatic N) is 2. The van der Waals surface area contributed by atoms with Gasteiger partial charge < -0.3 is 11.1 Å². The molecule has 0 aliphatic heterocycles. The van der Waals surface area contributed by atoms with Crippen LogP contribution in [0.25, 0.3) is 0 Å². The zero-order valence-corrected chi connectivity index (χ0v) is 10.1. The van der Waals surface area contributed by atoms with E-state index in [-0.39, 0.29) is 0 Å². The van der Waals surface area contributed by atoms with E-state index < -0.39 is 0 Å². The summed E-state index contributed by atoms with van der Waals surface area (Å²) in [5.74, 6) is 0.940. The second kappa shape index (κ2) is 5.83. The van der Waals surface area contributed by atoms with Crippen LogP contribution in [0.5, 0.6) is 0 Å². The Morgan fingerprint density at radius 3 is 2.72 bits per heavy atom. The molecule has 0 radical (unpaired) electrons. The summed E-state index contributed by atoms with van der Waals surface area (Å²) >= 11 is 0. The van der Waals surface area contributed by atoms with E-state index in [0.717, 1.165) is 5.56 Å². The van der Waals surface area contributed by atoms with Gasteiger partial charge in [-0.2, -0.15) is 0 Å². The molecule has 18 heavy (non-hydrogen) atoms. The molecule has 0 saturated carbocycles. The van der Waals surface area contributed by atoms with Crippen molar-refractivity contribution >= 4 is 17.3 Å². The molecule has 6 nitrogen and oxygen atoms in total. The molecule has 1 heterocycles. The molecule has 0 spiro atoms. The first kappa shape index (κ1) is 12.1. The number of benzene rings is 1. The largest absolute Gasteiger partial charge is 0.382 e. The number of rotatable bonds is 5. The van der Waals surface area contributed by atoms with E-state index in [1.54, 1.807) is 0 Å². The van der Waals surface area contributed by atoms with Crippen molar-refractivity contribution in [2.24, 2.45) is 0 Å². The van der Waals surface area contributed by atoms with E-state index in [0.29, 0.717) is 23.9 Å². The van der Waals surface area contributed by atoms with E-state index >= 15 is 0 Å². The van der Waals surface area contributed by atoms with Gasteiger partial charge in [0.25, 0.3) is 0 Å². The second-order valence-electron chi connectivity index (χ2n) is 3.63. The Balaban J connectivity index is 2.11. The third-order valence-electron chi connectivity index (χ3n) is 2.38. The lowest BCUT2D eigenvalue weighted by Crippen LogP contribution is -2.09. The van der Waals surface area contributed by atoms with E-state index in [1.165, 1.54) is 13.4 Å². The second-order valence-corrected chi connectivity index (χ2v) is 3.63. The summed E-state index contributed by atoms with van der Waals surface area (Å²) in [6.45, 7) is 0.648. The van der Waals surface area contributed by atoms with E-state index in [9.17, 15) is 0 Å². The lowest BCUT2D eigenvalue weighted by Gasteiger charge is -2.12. The summed E-state index contributed by atoms with van der Waals surface area (Å²) < 4.78 is 0. The topological polar surface area (TPSA) is 85.1 Å². The number of nitrogens with one attached hydrogen (secondary N) is 2. The average molecular weight is 245 g/mol. The molecule has 0 saturated heterocycles. The monoisotopic (exact) mass is 245 g/mol. The molecule has 6 heteroatoms. The number of nitrogens with two attached hydrogens (primary N) is 1. The van der Waals surface area contributed by atoms with Crippen LogP contribution < -0.4 is 16.5 Å². The van der Waals surface area contributed by atoms with Crippen LogP contribution in [0.15, 0.2) is 36.7 Å². The molecule has 1 aromatic heterocycles. The van der Waals surface area contributed by atoms with Gasteiger partial charge in [-0.15, -0.1) is 0 Å². The van der Waals surface area contributed by atoms with Crippen molar-refractivity contribution < 1.29 is 4.84 Å². The maximum absolute atomic E-state index is 5.74. The number of anilines is 3. The number of nitrogen functional groups attached to an aromatic ring is 1. The van der Waals surface area contributed by atoms with Gasteiger partial charge >= 0.3 is 0 Å².